The highest BCUT2D eigenvalue weighted by Crippen LogP contribution is 2.24. The minimum Gasteiger partial charge on any atom is -0.488 e. The van der Waals surface area contributed by atoms with Crippen LogP contribution < -0.4 is 21.4 Å². The zero-order chi connectivity index (χ0) is 27.1. The second-order valence-electron chi connectivity index (χ2n) is 8.71. The van der Waals surface area contributed by atoms with E-state index in [0.29, 0.717) is 15.2 Å². The van der Waals surface area contributed by atoms with Gasteiger partial charge in [-0.15, -0.1) is 0 Å². The van der Waals surface area contributed by atoms with E-state index >= 15 is 0 Å². The van der Waals surface area contributed by atoms with Gasteiger partial charge in [-0.3, -0.25) is 9.36 Å². The molecule has 0 unspecified atom stereocenters. The average molecular weight is 535 g/mol. The van der Waals surface area contributed by atoms with Crippen LogP contribution in [0.25, 0.3) is 0 Å². The molecule has 1 aromatic heterocycles. The molecule has 12 heteroatoms. The fourth-order valence-electron chi connectivity index (χ4n) is 3.48. The van der Waals surface area contributed by atoms with Gasteiger partial charge in [0.2, 0.25) is 5.95 Å². The summed E-state index contributed by atoms with van der Waals surface area (Å²) in [6.45, 7) is 2.06. The first-order chi connectivity index (χ1) is 17.6. The van der Waals surface area contributed by atoms with Crippen molar-refractivity contribution in [3.63, 3.8) is 0 Å². The van der Waals surface area contributed by atoms with Crippen molar-refractivity contribution in [3.05, 3.63) is 79.8 Å². The number of nitrogens with one attached hydrogen (secondary N) is 1. The fraction of sp³-hybridized carbons (Fsp3) is 0.360. The van der Waals surface area contributed by atoms with Gasteiger partial charge < -0.3 is 20.3 Å². The average Bonchev–Trinajstić information content (AvgIpc) is 2.85. The van der Waals surface area contributed by atoms with Crippen molar-refractivity contribution < 1.29 is 24.1 Å². The number of ketones is 1. The summed E-state index contributed by atoms with van der Waals surface area (Å²) in [5, 5.41) is 21.7. The topological polar surface area (TPSA) is 136 Å². The number of hydrogen-bond donors (Lipinski definition) is 3. The van der Waals surface area contributed by atoms with Crippen LogP contribution in [-0.4, -0.2) is 49.4 Å². The largest absolute Gasteiger partial charge is 0.488 e. The predicted octanol–water partition coefficient (Wildman–Crippen LogP) is 2.34. The number of aliphatic hydroxyl groups excluding tert-OH is 2. The lowest BCUT2D eigenvalue weighted by atomic mass is 10.0. The van der Waals surface area contributed by atoms with Gasteiger partial charge in [0.25, 0.3) is 0 Å². The van der Waals surface area contributed by atoms with Crippen LogP contribution in [0.15, 0.2) is 52.1 Å². The molecule has 0 spiro atoms. The Balaban J connectivity index is 2.00. The molecule has 198 valence electrons. The standard InChI is InChI=1S/C25H28ClFN4O6/c1-15(2)37-22-8-7-19(10-21(22)27)28-23-29-24(35)31(12-20(34)9-17(13-32)14-33)25(36)30(23)11-16-3-5-18(26)6-4-16/h3-8,10,15,17,32-33H,9,11-14H2,1-2H3,(H,28,29,35). The van der Waals surface area contributed by atoms with E-state index in [1.807, 2.05) is 0 Å². The summed E-state index contributed by atoms with van der Waals surface area (Å²) in [5.41, 5.74) is -0.943. The summed E-state index contributed by atoms with van der Waals surface area (Å²) in [5.74, 6) is -1.99. The Morgan fingerprint density at radius 3 is 2.38 bits per heavy atom. The Labute approximate surface area is 216 Å². The summed E-state index contributed by atoms with van der Waals surface area (Å²) in [7, 11) is 0. The molecular formula is C25H28ClFN4O6. The molecule has 0 aliphatic heterocycles. The second-order valence-corrected chi connectivity index (χ2v) is 9.15. The molecule has 2 aromatic carbocycles. The third kappa shape index (κ3) is 7.48. The van der Waals surface area contributed by atoms with Crippen LogP contribution in [0.2, 0.25) is 5.02 Å². The summed E-state index contributed by atoms with van der Waals surface area (Å²) in [6, 6.07) is 10.7. The molecule has 3 N–H and O–H groups in total. The molecule has 3 rings (SSSR count). The molecule has 0 saturated heterocycles. The van der Waals surface area contributed by atoms with Crippen molar-refractivity contribution in [3.8, 4) is 5.75 Å². The number of Topliss-reactive ketones (excluding diaryl/α,β-unsaturated/α-hetero) is 1. The number of halogens is 2. The van der Waals surface area contributed by atoms with E-state index in [1.165, 1.54) is 12.1 Å². The number of ether oxygens (including phenoxy) is 1. The second kappa shape index (κ2) is 12.6. The molecule has 3 aromatic rings. The van der Waals surface area contributed by atoms with Gasteiger partial charge in [0.1, 0.15) is 0 Å². The number of aromatic nitrogens is 3. The Bertz CT molecular complexity index is 1350. The molecule has 0 radical (unpaired) electrons. The molecule has 0 atom stereocenters. The number of carbonyl (C=O) groups excluding carboxylic acids is 1. The molecule has 37 heavy (non-hydrogen) atoms. The van der Waals surface area contributed by atoms with Crippen LogP contribution in [0.3, 0.4) is 0 Å². The molecule has 1 heterocycles. The van der Waals surface area contributed by atoms with E-state index in [2.05, 4.69) is 10.3 Å². The molecule has 0 fully saturated rings. The number of aliphatic hydroxyl groups is 2. The van der Waals surface area contributed by atoms with Crippen molar-refractivity contribution in [2.45, 2.75) is 39.5 Å². The van der Waals surface area contributed by atoms with Crippen LogP contribution in [0.4, 0.5) is 16.0 Å². The third-order valence-electron chi connectivity index (χ3n) is 5.32. The summed E-state index contributed by atoms with van der Waals surface area (Å²) in [4.78, 5) is 42.5. The van der Waals surface area contributed by atoms with E-state index in [-0.39, 0.29) is 36.5 Å². The van der Waals surface area contributed by atoms with Crippen LogP contribution in [0.5, 0.6) is 5.75 Å². The number of hydrogen-bond acceptors (Lipinski definition) is 8. The summed E-state index contributed by atoms with van der Waals surface area (Å²) < 4.78 is 21.7. The molecule has 0 aliphatic carbocycles. The molecule has 0 saturated carbocycles. The quantitative estimate of drug-likeness (QED) is 0.322. The number of anilines is 2. The van der Waals surface area contributed by atoms with Crippen molar-refractivity contribution in [2.24, 2.45) is 5.92 Å². The predicted molar refractivity (Wildman–Crippen MR) is 136 cm³/mol. The van der Waals surface area contributed by atoms with Gasteiger partial charge in [-0.25, -0.2) is 18.5 Å². The van der Waals surface area contributed by atoms with Crippen LogP contribution in [-0.2, 0) is 17.9 Å². The third-order valence-corrected chi connectivity index (χ3v) is 5.57. The SMILES string of the molecule is CC(C)Oc1ccc(Nc2nc(=O)n(CC(=O)CC(CO)CO)c(=O)n2Cc2ccc(Cl)cc2)cc1F. The fourth-order valence-corrected chi connectivity index (χ4v) is 3.61. The van der Waals surface area contributed by atoms with Crippen molar-refractivity contribution in [1.82, 2.24) is 14.1 Å². The summed E-state index contributed by atoms with van der Waals surface area (Å²) >= 11 is 5.95. The maximum absolute atomic E-state index is 14.5. The highest BCUT2D eigenvalue weighted by molar-refractivity contribution is 6.30. The Kier molecular flexibility index (Phi) is 9.56. The molecule has 0 aliphatic rings. The summed E-state index contributed by atoms with van der Waals surface area (Å²) in [6.07, 6.45) is -0.458. The van der Waals surface area contributed by atoms with E-state index in [4.69, 9.17) is 16.3 Å². The first-order valence-corrected chi connectivity index (χ1v) is 11.9. The van der Waals surface area contributed by atoms with Gasteiger partial charge in [0, 0.05) is 42.3 Å². The lowest BCUT2D eigenvalue weighted by molar-refractivity contribution is -0.121. The number of nitrogens with zero attached hydrogens (tertiary/aromatic N) is 3. The lowest BCUT2D eigenvalue weighted by Crippen LogP contribution is -2.44. The van der Waals surface area contributed by atoms with E-state index in [9.17, 15) is 29.0 Å². The molecule has 10 nitrogen and oxygen atoms in total. The highest BCUT2D eigenvalue weighted by Gasteiger charge is 2.19. The highest BCUT2D eigenvalue weighted by atomic mass is 35.5. The zero-order valence-electron chi connectivity index (χ0n) is 20.4. The number of carbonyl (C=O) groups is 1. The maximum Gasteiger partial charge on any atom is 0.355 e. The Morgan fingerprint density at radius 1 is 1.11 bits per heavy atom. The number of rotatable bonds is 12. The number of benzene rings is 2. The van der Waals surface area contributed by atoms with Crippen molar-refractivity contribution in [2.75, 3.05) is 18.5 Å². The first-order valence-electron chi connectivity index (χ1n) is 11.5. The molecule has 0 bridgehead atoms. The monoisotopic (exact) mass is 534 g/mol. The van der Waals surface area contributed by atoms with Crippen LogP contribution in [0.1, 0.15) is 25.8 Å². The van der Waals surface area contributed by atoms with Gasteiger partial charge in [-0.1, -0.05) is 23.7 Å². The molecule has 0 amide bonds. The Morgan fingerprint density at radius 2 is 1.78 bits per heavy atom. The van der Waals surface area contributed by atoms with Crippen molar-refractivity contribution in [1.29, 1.82) is 0 Å². The van der Waals surface area contributed by atoms with Crippen molar-refractivity contribution >= 4 is 29.0 Å². The smallest absolute Gasteiger partial charge is 0.355 e. The van der Waals surface area contributed by atoms with E-state index in [0.717, 1.165) is 10.6 Å². The normalized spacial score (nSPS) is 11.2. The van der Waals surface area contributed by atoms with E-state index < -0.39 is 48.7 Å². The lowest BCUT2D eigenvalue weighted by Gasteiger charge is -2.17. The Hall–Kier alpha value is -3.54. The minimum absolute atomic E-state index is 0.0350. The minimum atomic E-state index is -0.988. The van der Waals surface area contributed by atoms with Crippen LogP contribution in [0, 0.1) is 11.7 Å². The maximum atomic E-state index is 14.5. The van der Waals surface area contributed by atoms with Gasteiger partial charge >= 0.3 is 11.4 Å². The molecular weight excluding hydrogens is 507 g/mol. The zero-order valence-corrected chi connectivity index (χ0v) is 21.1. The van der Waals surface area contributed by atoms with Crippen LogP contribution >= 0.6 is 11.6 Å². The van der Waals surface area contributed by atoms with Gasteiger partial charge in [-0.05, 0) is 43.7 Å². The van der Waals surface area contributed by atoms with E-state index in [1.54, 1.807) is 38.1 Å². The van der Waals surface area contributed by atoms with Gasteiger partial charge in [0.05, 0.1) is 19.2 Å². The van der Waals surface area contributed by atoms with Gasteiger partial charge in [-0.2, -0.15) is 4.98 Å². The first kappa shape index (κ1) is 28.0. The van der Waals surface area contributed by atoms with Gasteiger partial charge in [0.15, 0.2) is 17.3 Å².